The number of amides is 1. The molecular formula is C46H52N6O7S. The lowest BCUT2D eigenvalue weighted by Gasteiger charge is -2.38. The maximum absolute atomic E-state index is 13.9. The minimum Gasteiger partial charge on any atom is -0.455 e. The maximum Gasteiger partial charge on any atom is 0.293 e. The molecule has 1 atom stereocenters. The third-order valence-corrected chi connectivity index (χ3v) is 14.3. The van der Waals surface area contributed by atoms with Crippen molar-refractivity contribution in [2.75, 3.05) is 31.6 Å². The van der Waals surface area contributed by atoms with Crippen LogP contribution in [0.4, 0.5) is 11.4 Å². The summed E-state index contributed by atoms with van der Waals surface area (Å²) < 4.78 is 41.2. The fourth-order valence-corrected chi connectivity index (χ4v) is 10.6. The van der Waals surface area contributed by atoms with Gasteiger partial charge in [0.1, 0.15) is 22.8 Å². The molecule has 5 aromatic rings. The second-order valence-corrected chi connectivity index (χ2v) is 18.7. The van der Waals surface area contributed by atoms with Crippen LogP contribution in [0.2, 0.25) is 0 Å². The summed E-state index contributed by atoms with van der Waals surface area (Å²) in [5, 5.41) is 16.0. The number of pyridine rings is 1. The molecule has 14 heteroatoms. The molecule has 2 aliphatic heterocycles. The van der Waals surface area contributed by atoms with Gasteiger partial charge in [-0.2, -0.15) is 0 Å². The van der Waals surface area contributed by atoms with Crippen LogP contribution >= 0.6 is 0 Å². The van der Waals surface area contributed by atoms with Crippen LogP contribution in [-0.4, -0.2) is 66.5 Å². The van der Waals surface area contributed by atoms with Crippen LogP contribution in [0.5, 0.6) is 11.5 Å². The number of carbonyl (C=O) groups excluding carboxylic acids is 1. The number of rotatable bonds is 14. The molecule has 0 spiro atoms. The second-order valence-electron chi connectivity index (χ2n) is 17.0. The molecule has 4 heterocycles. The minimum atomic E-state index is -4.52. The van der Waals surface area contributed by atoms with Gasteiger partial charge in [0.25, 0.3) is 21.6 Å². The molecule has 4 aliphatic rings. The Morgan fingerprint density at radius 3 is 2.50 bits per heavy atom. The number of nitro groups is 1. The number of nitrogens with one attached hydrogen (secondary N) is 3. The van der Waals surface area contributed by atoms with Crippen LogP contribution in [0.25, 0.3) is 11.0 Å². The predicted molar refractivity (Wildman–Crippen MR) is 229 cm³/mol. The zero-order valence-corrected chi connectivity index (χ0v) is 34.5. The number of carbonyl (C=O) groups is 1. The lowest BCUT2D eigenvalue weighted by molar-refractivity contribution is -0.384. The van der Waals surface area contributed by atoms with E-state index in [2.05, 4.69) is 49.2 Å². The van der Waals surface area contributed by atoms with E-state index in [1.165, 1.54) is 37.8 Å². The Bertz CT molecular complexity index is 2470. The Hall–Kier alpha value is -5.31. The number of nitrogens with zero attached hydrogens (tertiary/aromatic N) is 3. The zero-order chi connectivity index (χ0) is 41.2. The molecule has 1 unspecified atom stereocenters. The molecule has 3 aromatic carbocycles. The third-order valence-electron chi connectivity index (χ3n) is 13.0. The lowest BCUT2D eigenvalue weighted by atomic mass is 9.81. The van der Waals surface area contributed by atoms with Crippen molar-refractivity contribution in [2.24, 2.45) is 11.8 Å². The highest BCUT2D eigenvalue weighted by atomic mass is 32.2. The fourth-order valence-electron chi connectivity index (χ4n) is 9.64. The number of anilines is 1. The van der Waals surface area contributed by atoms with Crippen molar-refractivity contribution in [1.29, 1.82) is 0 Å². The maximum atomic E-state index is 13.9. The molecule has 4 fully saturated rings. The van der Waals surface area contributed by atoms with E-state index in [0.717, 1.165) is 74.4 Å². The SMILES string of the molecule is O=C(NS(=O)(=O)c1ccc(NCC2CCOCC2)c([N+](=O)[O-])c1)c1ccc(CC2CCC(N3CCCC3c3ccccc3C3CC3)CC2)cc1Oc1cnc2[nH]ccc2c1. The molecular weight excluding hydrogens is 781 g/mol. The van der Waals surface area contributed by atoms with Crippen molar-refractivity contribution >= 4 is 38.3 Å². The van der Waals surface area contributed by atoms with Gasteiger partial charge in [-0.3, -0.25) is 19.8 Å². The number of ether oxygens (including phenoxy) is 2. The summed E-state index contributed by atoms with van der Waals surface area (Å²) in [4.78, 5) is 35.2. The number of hydrogen-bond acceptors (Lipinski definition) is 10. The normalized spacial score (nSPS) is 21.5. The minimum absolute atomic E-state index is 0.0102. The van der Waals surface area contributed by atoms with Gasteiger partial charge in [0.15, 0.2) is 0 Å². The lowest BCUT2D eigenvalue weighted by Crippen LogP contribution is -2.38. The molecule has 2 saturated heterocycles. The number of benzene rings is 3. The van der Waals surface area contributed by atoms with Crippen LogP contribution in [0, 0.1) is 22.0 Å². The van der Waals surface area contributed by atoms with E-state index in [1.807, 2.05) is 18.2 Å². The van der Waals surface area contributed by atoms with Crippen molar-refractivity contribution in [2.45, 2.75) is 93.5 Å². The molecule has 0 bridgehead atoms. The van der Waals surface area contributed by atoms with Crippen molar-refractivity contribution in [3.63, 3.8) is 0 Å². The number of likely N-dealkylation sites (tertiary alicyclic amines) is 1. The standard InChI is InChI=1S/C46H52N6O7S/c53-46(50-60(56,57)37-14-16-41(43(27-37)52(54)55)48-28-31-18-22-58-23-19-31)40-15-9-32(25-44(40)59-36-26-34-17-20-47-45(34)49-29-36)24-30-7-12-35(13-8-30)51-21-3-6-42(51)39-5-2-1-4-38(39)33-10-11-33/h1-2,4-5,9,14-17,20,25-27,29-31,33,35,42,48H,3,6-8,10-13,18-19,21-24,28H2,(H,47,49)(H,50,53). The van der Waals surface area contributed by atoms with Crippen LogP contribution in [0.3, 0.4) is 0 Å². The smallest absolute Gasteiger partial charge is 0.293 e. The van der Waals surface area contributed by atoms with Gasteiger partial charge in [-0.05, 0) is 148 Å². The highest BCUT2D eigenvalue weighted by molar-refractivity contribution is 7.90. The molecule has 60 heavy (non-hydrogen) atoms. The van der Waals surface area contributed by atoms with Gasteiger partial charge < -0.3 is 19.8 Å². The van der Waals surface area contributed by atoms with Crippen LogP contribution < -0.4 is 14.8 Å². The number of H-pyrrole nitrogens is 1. The second kappa shape index (κ2) is 17.3. The largest absolute Gasteiger partial charge is 0.455 e. The van der Waals surface area contributed by atoms with E-state index in [4.69, 9.17) is 9.47 Å². The van der Waals surface area contributed by atoms with E-state index in [0.29, 0.717) is 49.2 Å². The Kier molecular flexibility index (Phi) is 11.6. The Morgan fingerprint density at radius 2 is 1.72 bits per heavy atom. The van der Waals surface area contributed by atoms with Gasteiger partial charge in [0, 0.05) is 49.5 Å². The number of sulfonamides is 1. The molecule has 2 aliphatic carbocycles. The average molecular weight is 833 g/mol. The van der Waals surface area contributed by atoms with Crippen molar-refractivity contribution in [3.8, 4) is 11.5 Å². The summed E-state index contributed by atoms with van der Waals surface area (Å²) in [5.41, 5.74) is 4.60. The first-order valence-electron chi connectivity index (χ1n) is 21.4. The highest BCUT2D eigenvalue weighted by Gasteiger charge is 2.37. The number of hydrogen-bond donors (Lipinski definition) is 3. The Balaban J connectivity index is 0.903. The molecule has 9 rings (SSSR count). The van der Waals surface area contributed by atoms with Gasteiger partial charge in [-0.1, -0.05) is 30.3 Å². The molecule has 0 radical (unpaired) electrons. The number of aromatic nitrogens is 2. The van der Waals surface area contributed by atoms with Gasteiger partial charge in [0.2, 0.25) is 0 Å². The summed E-state index contributed by atoms with van der Waals surface area (Å²) in [7, 11) is -4.52. The van der Waals surface area contributed by atoms with Gasteiger partial charge in [-0.15, -0.1) is 0 Å². The van der Waals surface area contributed by atoms with Crippen LogP contribution in [-0.2, 0) is 21.2 Å². The number of nitro benzene ring substituents is 1. The first-order valence-corrected chi connectivity index (χ1v) is 22.9. The Labute approximate surface area is 350 Å². The molecule has 1 amide bonds. The van der Waals surface area contributed by atoms with E-state index < -0.39 is 31.4 Å². The predicted octanol–water partition coefficient (Wildman–Crippen LogP) is 9.04. The van der Waals surface area contributed by atoms with E-state index in [1.54, 1.807) is 35.7 Å². The van der Waals surface area contributed by atoms with Crippen LogP contribution in [0.1, 0.15) is 103 Å². The first-order chi connectivity index (χ1) is 29.2. The highest BCUT2D eigenvalue weighted by Crippen LogP contribution is 2.47. The van der Waals surface area contributed by atoms with E-state index in [9.17, 15) is 23.3 Å². The van der Waals surface area contributed by atoms with Gasteiger partial charge in [0.05, 0.1) is 21.6 Å². The van der Waals surface area contributed by atoms with Gasteiger partial charge in [-0.25, -0.2) is 18.1 Å². The van der Waals surface area contributed by atoms with Gasteiger partial charge >= 0.3 is 0 Å². The topological polar surface area (TPSA) is 169 Å². The van der Waals surface area contributed by atoms with E-state index >= 15 is 0 Å². The average Bonchev–Trinajstić information content (AvgIpc) is 3.80. The molecule has 13 nitrogen and oxygen atoms in total. The molecule has 2 aromatic heterocycles. The monoisotopic (exact) mass is 832 g/mol. The van der Waals surface area contributed by atoms with Crippen LogP contribution in [0.15, 0.2) is 90.1 Å². The van der Waals surface area contributed by atoms with E-state index in [-0.39, 0.29) is 22.9 Å². The van der Waals surface area contributed by atoms with Crippen molar-refractivity contribution in [3.05, 3.63) is 118 Å². The quantitative estimate of drug-likeness (QED) is 0.0725. The number of aromatic amines is 1. The summed E-state index contributed by atoms with van der Waals surface area (Å²) in [6.45, 7) is 2.92. The summed E-state index contributed by atoms with van der Waals surface area (Å²) >= 11 is 0. The third kappa shape index (κ3) is 8.91. The summed E-state index contributed by atoms with van der Waals surface area (Å²) in [6.07, 6.45) is 15.3. The Morgan fingerprint density at radius 1 is 0.917 bits per heavy atom. The molecule has 314 valence electrons. The molecule has 3 N–H and O–H groups in total. The summed E-state index contributed by atoms with van der Waals surface area (Å²) in [5.74, 6) is 1.14. The zero-order valence-electron chi connectivity index (χ0n) is 33.7. The van der Waals surface area contributed by atoms with Crippen molar-refractivity contribution in [1.82, 2.24) is 19.6 Å². The number of fused-ring (bicyclic) bond motifs is 1. The van der Waals surface area contributed by atoms with Crippen molar-refractivity contribution < 1.29 is 27.6 Å². The molecule has 2 saturated carbocycles. The fraction of sp³-hybridized carbons (Fsp3) is 0.435. The summed E-state index contributed by atoms with van der Waals surface area (Å²) in [6, 6.07) is 22.7. The first kappa shape index (κ1) is 40.1.